The smallest absolute Gasteiger partial charge is 0.0594 e. The van der Waals surface area contributed by atoms with E-state index in [1.807, 2.05) is 0 Å². The lowest BCUT2D eigenvalue weighted by atomic mass is 9.96. The van der Waals surface area contributed by atoms with E-state index in [0.29, 0.717) is 18.0 Å². The van der Waals surface area contributed by atoms with E-state index >= 15 is 0 Å². The van der Waals surface area contributed by atoms with Crippen molar-refractivity contribution in [1.29, 1.82) is 0 Å². The zero-order valence-corrected chi connectivity index (χ0v) is 14.3. The molecule has 2 aliphatic rings. The number of hydrazine groups is 1. The Bertz CT molecular complexity index is 480. The summed E-state index contributed by atoms with van der Waals surface area (Å²) in [6, 6.07) is 9.83. The summed E-state index contributed by atoms with van der Waals surface area (Å²) >= 11 is 0. The van der Waals surface area contributed by atoms with Crippen LogP contribution in [0.5, 0.6) is 0 Å². The first-order valence-corrected chi connectivity index (χ1v) is 8.82. The maximum atomic E-state index is 5.44. The van der Waals surface area contributed by atoms with Gasteiger partial charge in [0.1, 0.15) is 0 Å². The molecule has 3 N–H and O–H groups in total. The molecule has 3 rings (SSSR count). The molecule has 128 valence electrons. The van der Waals surface area contributed by atoms with Gasteiger partial charge in [0.05, 0.1) is 13.2 Å². The van der Waals surface area contributed by atoms with Gasteiger partial charge in [0.15, 0.2) is 0 Å². The number of benzene rings is 1. The van der Waals surface area contributed by atoms with Gasteiger partial charge in [0, 0.05) is 50.7 Å². The molecule has 2 fully saturated rings. The molecule has 0 aliphatic carbocycles. The first kappa shape index (κ1) is 16.9. The van der Waals surface area contributed by atoms with E-state index in [0.717, 1.165) is 45.9 Å². The molecule has 23 heavy (non-hydrogen) atoms. The van der Waals surface area contributed by atoms with E-state index in [9.17, 15) is 0 Å². The van der Waals surface area contributed by atoms with Crippen molar-refractivity contribution in [2.24, 2.45) is 5.92 Å². The third kappa shape index (κ3) is 4.52. The summed E-state index contributed by atoms with van der Waals surface area (Å²) in [5, 5.41) is 3.66. The van der Waals surface area contributed by atoms with Crippen LogP contribution in [-0.2, 0) is 17.8 Å². The lowest BCUT2D eigenvalue weighted by Gasteiger charge is -2.27. The molecule has 2 unspecified atom stereocenters. The second-order valence-corrected chi connectivity index (χ2v) is 6.82. The van der Waals surface area contributed by atoms with Crippen LogP contribution in [0.25, 0.3) is 0 Å². The Kier molecular flexibility index (Phi) is 6.02. The normalized spacial score (nSPS) is 29.0. The molecule has 5 heteroatoms. The van der Waals surface area contributed by atoms with Gasteiger partial charge in [0.2, 0.25) is 0 Å². The number of nitrogens with zero attached hydrogens (tertiary/aromatic N) is 1. The highest BCUT2D eigenvalue weighted by Gasteiger charge is 2.29. The fraction of sp³-hybridized carbons (Fsp3) is 0.667. The minimum absolute atomic E-state index is 0.515. The molecule has 2 aliphatic heterocycles. The minimum Gasteiger partial charge on any atom is -0.379 e. The SMILES string of the molecule is CC1NNC(C)C1CNCc1ccccc1CN1CCOCC1. The van der Waals surface area contributed by atoms with Crippen molar-refractivity contribution in [3.8, 4) is 0 Å². The number of morpholine rings is 1. The standard InChI is InChI=1S/C18H30N4O/c1-14-18(15(2)21-20-14)12-19-11-16-5-3-4-6-17(16)13-22-7-9-23-10-8-22/h3-6,14-15,18-21H,7-13H2,1-2H3. The summed E-state index contributed by atoms with van der Waals surface area (Å²) in [4.78, 5) is 2.48. The van der Waals surface area contributed by atoms with Crippen LogP contribution in [0.3, 0.4) is 0 Å². The van der Waals surface area contributed by atoms with Gasteiger partial charge in [-0.1, -0.05) is 24.3 Å². The van der Waals surface area contributed by atoms with Gasteiger partial charge < -0.3 is 10.1 Å². The number of ether oxygens (including phenoxy) is 1. The van der Waals surface area contributed by atoms with Crippen molar-refractivity contribution in [2.75, 3.05) is 32.8 Å². The molecular weight excluding hydrogens is 288 g/mol. The third-order valence-corrected chi connectivity index (χ3v) is 5.13. The van der Waals surface area contributed by atoms with Crippen LogP contribution in [0, 0.1) is 5.92 Å². The molecule has 0 amide bonds. The van der Waals surface area contributed by atoms with Crippen LogP contribution < -0.4 is 16.2 Å². The average Bonchev–Trinajstić information content (AvgIpc) is 2.89. The van der Waals surface area contributed by atoms with Gasteiger partial charge in [-0.25, -0.2) is 0 Å². The fourth-order valence-corrected chi connectivity index (χ4v) is 3.52. The van der Waals surface area contributed by atoms with Gasteiger partial charge in [-0.15, -0.1) is 0 Å². The molecule has 0 bridgehead atoms. The van der Waals surface area contributed by atoms with Crippen molar-refractivity contribution in [3.05, 3.63) is 35.4 Å². The highest BCUT2D eigenvalue weighted by Crippen LogP contribution is 2.15. The number of rotatable bonds is 6. The van der Waals surface area contributed by atoms with Gasteiger partial charge in [-0.05, 0) is 25.0 Å². The molecule has 5 nitrogen and oxygen atoms in total. The molecule has 1 aromatic rings. The zero-order valence-electron chi connectivity index (χ0n) is 14.3. The molecule has 0 radical (unpaired) electrons. The van der Waals surface area contributed by atoms with E-state index in [1.54, 1.807) is 0 Å². The number of hydrogen-bond acceptors (Lipinski definition) is 5. The van der Waals surface area contributed by atoms with Crippen molar-refractivity contribution in [3.63, 3.8) is 0 Å². The number of nitrogens with one attached hydrogen (secondary N) is 3. The van der Waals surface area contributed by atoms with Crippen LogP contribution in [0.2, 0.25) is 0 Å². The molecule has 1 aromatic carbocycles. The Labute approximate surface area is 139 Å². The number of hydrogen-bond donors (Lipinski definition) is 3. The first-order chi connectivity index (χ1) is 11.2. The predicted molar refractivity (Wildman–Crippen MR) is 92.9 cm³/mol. The second kappa shape index (κ2) is 8.22. The van der Waals surface area contributed by atoms with E-state index in [-0.39, 0.29) is 0 Å². The van der Waals surface area contributed by atoms with E-state index in [2.05, 4.69) is 59.2 Å². The largest absolute Gasteiger partial charge is 0.379 e. The average molecular weight is 318 g/mol. The van der Waals surface area contributed by atoms with Crippen LogP contribution in [0.1, 0.15) is 25.0 Å². The molecule has 2 atom stereocenters. The maximum absolute atomic E-state index is 5.44. The molecule has 0 aromatic heterocycles. The van der Waals surface area contributed by atoms with E-state index < -0.39 is 0 Å². The van der Waals surface area contributed by atoms with Gasteiger partial charge in [0.25, 0.3) is 0 Å². The monoisotopic (exact) mass is 318 g/mol. The lowest BCUT2D eigenvalue weighted by molar-refractivity contribution is 0.0340. The summed E-state index contributed by atoms with van der Waals surface area (Å²) < 4.78 is 5.44. The van der Waals surface area contributed by atoms with Crippen LogP contribution in [0.15, 0.2) is 24.3 Å². The van der Waals surface area contributed by atoms with Crippen LogP contribution >= 0.6 is 0 Å². The predicted octanol–water partition coefficient (Wildman–Crippen LogP) is 1.11. The Morgan fingerprint density at radius 3 is 2.43 bits per heavy atom. The summed E-state index contributed by atoms with van der Waals surface area (Å²) in [7, 11) is 0. The lowest BCUT2D eigenvalue weighted by Crippen LogP contribution is -2.36. The highest BCUT2D eigenvalue weighted by atomic mass is 16.5. The first-order valence-electron chi connectivity index (χ1n) is 8.82. The van der Waals surface area contributed by atoms with Gasteiger partial charge >= 0.3 is 0 Å². The minimum atomic E-state index is 0.515. The molecule has 2 heterocycles. The Balaban J connectivity index is 1.53. The van der Waals surface area contributed by atoms with E-state index in [4.69, 9.17) is 4.74 Å². The summed E-state index contributed by atoms with van der Waals surface area (Å²) in [5.41, 5.74) is 9.50. The topological polar surface area (TPSA) is 48.6 Å². The van der Waals surface area contributed by atoms with Crippen LogP contribution in [-0.4, -0.2) is 49.8 Å². The molecule has 2 saturated heterocycles. The quantitative estimate of drug-likeness (QED) is 0.733. The Morgan fingerprint density at radius 2 is 1.74 bits per heavy atom. The van der Waals surface area contributed by atoms with Gasteiger partial charge in [-0.3, -0.25) is 15.8 Å². The van der Waals surface area contributed by atoms with E-state index in [1.165, 1.54) is 11.1 Å². The van der Waals surface area contributed by atoms with Crippen molar-refractivity contribution in [2.45, 2.75) is 39.0 Å². The summed E-state index contributed by atoms with van der Waals surface area (Å²) in [6.45, 7) is 11.3. The second-order valence-electron chi connectivity index (χ2n) is 6.82. The van der Waals surface area contributed by atoms with Crippen molar-refractivity contribution >= 4 is 0 Å². The highest BCUT2D eigenvalue weighted by molar-refractivity contribution is 5.27. The van der Waals surface area contributed by atoms with Crippen LogP contribution in [0.4, 0.5) is 0 Å². The Hall–Kier alpha value is -0.980. The molecule has 0 spiro atoms. The molecular formula is C18H30N4O. The summed E-state index contributed by atoms with van der Waals surface area (Å²) in [5.74, 6) is 0.626. The zero-order chi connectivity index (χ0) is 16.1. The van der Waals surface area contributed by atoms with Crippen molar-refractivity contribution in [1.82, 2.24) is 21.1 Å². The van der Waals surface area contributed by atoms with Crippen molar-refractivity contribution < 1.29 is 4.74 Å². The third-order valence-electron chi connectivity index (χ3n) is 5.13. The molecule has 0 saturated carbocycles. The van der Waals surface area contributed by atoms with Gasteiger partial charge in [-0.2, -0.15) is 0 Å². The Morgan fingerprint density at radius 1 is 1.09 bits per heavy atom. The summed E-state index contributed by atoms with van der Waals surface area (Å²) in [6.07, 6.45) is 0. The fourth-order valence-electron chi connectivity index (χ4n) is 3.52. The maximum Gasteiger partial charge on any atom is 0.0594 e.